The summed E-state index contributed by atoms with van der Waals surface area (Å²) in [5.74, 6) is 0.764. The first-order valence-electron chi connectivity index (χ1n) is 5.98. The van der Waals surface area contributed by atoms with Crippen LogP contribution in [0.15, 0.2) is 33.7 Å². The zero-order valence-corrected chi connectivity index (χ0v) is 10.9. The largest absolute Gasteiger partial charge is 0.338 e. The molecule has 0 spiro atoms. The molecule has 1 saturated carbocycles. The minimum Gasteiger partial charge on any atom is -0.338 e. The highest BCUT2D eigenvalue weighted by Gasteiger charge is 2.36. The molecule has 19 heavy (non-hydrogen) atoms. The van der Waals surface area contributed by atoms with Crippen LogP contribution in [0.4, 0.5) is 0 Å². The van der Waals surface area contributed by atoms with Gasteiger partial charge in [-0.25, -0.2) is 8.42 Å². The van der Waals surface area contributed by atoms with Crippen LogP contribution in [0.1, 0.15) is 18.7 Å². The number of rotatable bonds is 4. The van der Waals surface area contributed by atoms with E-state index in [1.807, 2.05) is 0 Å². The summed E-state index contributed by atoms with van der Waals surface area (Å²) >= 11 is 0. The predicted octanol–water partition coefficient (Wildman–Crippen LogP) is 1.13. The molecule has 1 heterocycles. The SMILES string of the molecule is NCc1nc(-c2ccc(S(=O)(=O)C3CC3)cc2)no1. The lowest BCUT2D eigenvalue weighted by molar-refractivity contribution is 0.380. The second kappa shape index (κ2) is 4.43. The van der Waals surface area contributed by atoms with Gasteiger partial charge >= 0.3 is 0 Å². The summed E-state index contributed by atoms with van der Waals surface area (Å²) in [5, 5.41) is 3.58. The summed E-state index contributed by atoms with van der Waals surface area (Å²) in [7, 11) is -3.15. The second-order valence-corrected chi connectivity index (χ2v) is 6.71. The number of benzene rings is 1. The van der Waals surface area contributed by atoms with Crippen molar-refractivity contribution in [3.63, 3.8) is 0 Å². The van der Waals surface area contributed by atoms with Crippen molar-refractivity contribution in [3.8, 4) is 11.4 Å². The number of hydrogen-bond donors (Lipinski definition) is 1. The van der Waals surface area contributed by atoms with Crippen molar-refractivity contribution in [2.75, 3.05) is 0 Å². The normalized spacial score (nSPS) is 15.6. The molecule has 1 fully saturated rings. The van der Waals surface area contributed by atoms with E-state index in [1.165, 1.54) is 0 Å². The molecule has 1 aliphatic rings. The van der Waals surface area contributed by atoms with E-state index in [2.05, 4.69) is 10.1 Å². The summed E-state index contributed by atoms with van der Waals surface area (Å²) in [4.78, 5) is 4.43. The van der Waals surface area contributed by atoms with Gasteiger partial charge in [-0.15, -0.1) is 0 Å². The first kappa shape index (κ1) is 12.3. The molecule has 2 N–H and O–H groups in total. The van der Waals surface area contributed by atoms with Crippen LogP contribution in [0, 0.1) is 0 Å². The van der Waals surface area contributed by atoms with E-state index >= 15 is 0 Å². The lowest BCUT2D eigenvalue weighted by atomic mass is 10.2. The number of nitrogens with zero attached hydrogens (tertiary/aromatic N) is 2. The van der Waals surface area contributed by atoms with Gasteiger partial charge in [-0.05, 0) is 37.1 Å². The molecular formula is C12H13N3O3S. The molecule has 1 aromatic carbocycles. The lowest BCUT2D eigenvalue weighted by Crippen LogP contribution is -2.06. The van der Waals surface area contributed by atoms with Crippen LogP contribution in [0.3, 0.4) is 0 Å². The van der Waals surface area contributed by atoms with Crippen LogP contribution in [-0.4, -0.2) is 23.8 Å². The quantitative estimate of drug-likeness (QED) is 0.900. The number of nitrogens with two attached hydrogens (primary N) is 1. The van der Waals surface area contributed by atoms with Crippen molar-refractivity contribution < 1.29 is 12.9 Å². The average Bonchev–Trinajstić information content (AvgIpc) is 3.18. The first-order valence-corrected chi connectivity index (χ1v) is 7.53. The highest BCUT2D eigenvalue weighted by atomic mass is 32.2. The smallest absolute Gasteiger partial charge is 0.240 e. The van der Waals surface area contributed by atoms with Gasteiger partial charge in [-0.2, -0.15) is 4.98 Å². The standard InChI is InChI=1S/C12H13N3O3S/c13-7-11-14-12(15-18-11)8-1-3-9(4-2-8)19(16,17)10-5-6-10/h1-4,10H,5-7,13H2. The second-order valence-electron chi connectivity index (χ2n) is 4.48. The topological polar surface area (TPSA) is 99.1 Å². The van der Waals surface area contributed by atoms with Gasteiger partial charge in [-0.3, -0.25) is 0 Å². The third kappa shape index (κ3) is 2.26. The van der Waals surface area contributed by atoms with Gasteiger partial charge in [0, 0.05) is 5.56 Å². The molecule has 1 aromatic heterocycles. The van der Waals surface area contributed by atoms with Crippen molar-refractivity contribution in [1.29, 1.82) is 0 Å². The van der Waals surface area contributed by atoms with Gasteiger partial charge in [0.15, 0.2) is 9.84 Å². The Hall–Kier alpha value is -1.73. The van der Waals surface area contributed by atoms with Gasteiger partial charge in [0.1, 0.15) is 0 Å². The van der Waals surface area contributed by atoms with Crippen molar-refractivity contribution >= 4 is 9.84 Å². The van der Waals surface area contributed by atoms with Crippen LogP contribution < -0.4 is 5.73 Å². The molecule has 0 saturated heterocycles. The summed E-state index contributed by atoms with van der Waals surface area (Å²) in [6.45, 7) is 0.182. The Balaban J connectivity index is 1.90. The predicted molar refractivity (Wildman–Crippen MR) is 67.8 cm³/mol. The van der Waals surface area contributed by atoms with Crippen LogP contribution >= 0.6 is 0 Å². The van der Waals surface area contributed by atoms with Crippen LogP contribution in [-0.2, 0) is 16.4 Å². The molecule has 6 nitrogen and oxygen atoms in total. The molecule has 0 unspecified atom stereocenters. The molecule has 1 aliphatic carbocycles. The zero-order chi connectivity index (χ0) is 13.5. The van der Waals surface area contributed by atoms with E-state index in [-0.39, 0.29) is 11.8 Å². The van der Waals surface area contributed by atoms with Crippen LogP contribution in [0.5, 0.6) is 0 Å². The van der Waals surface area contributed by atoms with Crippen molar-refractivity contribution in [2.24, 2.45) is 5.73 Å². The van der Waals surface area contributed by atoms with Crippen LogP contribution in [0.2, 0.25) is 0 Å². The van der Waals surface area contributed by atoms with Gasteiger partial charge in [0.25, 0.3) is 0 Å². The number of aromatic nitrogens is 2. The van der Waals surface area contributed by atoms with Crippen molar-refractivity contribution in [2.45, 2.75) is 29.5 Å². The van der Waals surface area contributed by atoms with E-state index in [4.69, 9.17) is 10.3 Å². The molecular weight excluding hydrogens is 266 g/mol. The molecule has 2 aromatic rings. The summed E-state index contributed by atoms with van der Waals surface area (Å²) in [5.41, 5.74) is 6.09. The summed E-state index contributed by atoms with van der Waals surface area (Å²) in [6, 6.07) is 6.53. The molecule has 100 valence electrons. The fourth-order valence-electron chi connectivity index (χ4n) is 1.82. The first-order chi connectivity index (χ1) is 9.11. The van der Waals surface area contributed by atoms with E-state index < -0.39 is 9.84 Å². The van der Waals surface area contributed by atoms with E-state index in [0.29, 0.717) is 22.2 Å². The Morgan fingerprint density at radius 2 is 1.95 bits per heavy atom. The Bertz CT molecular complexity index is 687. The van der Waals surface area contributed by atoms with Crippen molar-refractivity contribution in [1.82, 2.24) is 10.1 Å². The van der Waals surface area contributed by atoms with E-state index in [9.17, 15) is 8.42 Å². The Labute approximate surface area is 110 Å². The third-order valence-electron chi connectivity index (χ3n) is 3.05. The highest BCUT2D eigenvalue weighted by molar-refractivity contribution is 7.92. The van der Waals surface area contributed by atoms with Gasteiger partial charge < -0.3 is 10.3 Å². The molecule has 0 aliphatic heterocycles. The summed E-state index contributed by atoms with van der Waals surface area (Å²) in [6.07, 6.45) is 1.52. The van der Waals surface area contributed by atoms with Crippen molar-refractivity contribution in [3.05, 3.63) is 30.2 Å². The molecule has 0 amide bonds. The molecule has 3 rings (SSSR count). The van der Waals surface area contributed by atoms with E-state index in [0.717, 1.165) is 12.8 Å². The highest BCUT2D eigenvalue weighted by Crippen LogP contribution is 2.33. The fourth-order valence-corrected chi connectivity index (χ4v) is 3.48. The minimum atomic E-state index is -3.15. The molecule has 0 bridgehead atoms. The Kier molecular flexibility index (Phi) is 2.87. The minimum absolute atomic E-state index is 0.182. The van der Waals surface area contributed by atoms with Gasteiger partial charge in [-0.1, -0.05) is 5.16 Å². The Morgan fingerprint density at radius 3 is 2.47 bits per heavy atom. The summed E-state index contributed by atoms with van der Waals surface area (Å²) < 4.78 is 29.0. The van der Waals surface area contributed by atoms with Crippen LogP contribution in [0.25, 0.3) is 11.4 Å². The Morgan fingerprint density at radius 1 is 1.26 bits per heavy atom. The molecule has 0 radical (unpaired) electrons. The number of hydrogen-bond acceptors (Lipinski definition) is 6. The van der Waals surface area contributed by atoms with E-state index in [1.54, 1.807) is 24.3 Å². The maximum Gasteiger partial charge on any atom is 0.240 e. The fraction of sp³-hybridized carbons (Fsp3) is 0.333. The maximum atomic E-state index is 12.0. The van der Waals surface area contributed by atoms with Gasteiger partial charge in [0.05, 0.1) is 16.7 Å². The third-order valence-corrected chi connectivity index (χ3v) is 5.33. The zero-order valence-electron chi connectivity index (χ0n) is 10.1. The average molecular weight is 279 g/mol. The molecule has 0 atom stereocenters. The monoisotopic (exact) mass is 279 g/mol. The number of sulfone groups is 1. The molecule has 7 heteroatoms. The maximum absolute atomic E-state index is 12.0. The van der Waals surface area contributed by atoms with Gasteiger partial charge in [0.2, 0.25) is 11.7 Å². The lowest BCUT2D eigenvalue weighted by Gasteiger charge is -2.02.